The lowest BCUT2D eigenvalue weighted by molar-refractivity contribution is 0.0733. The summed E-state index contributed by atoms with van der Waals surface area (Å²) in [6.45, 7) is 6.74. The van der Waals surface area contributed by atoms with E-state index in [1.165, 1.54) is 11.1 Å². The third kappa shape index (κ3) is 2.40. The predicted octanol–water partition coefficient (Wildman–Crippen LogP) is 4.08. The van der Waals surface area contributed by atoms with Gasteiger partial charge in [-0.1, -0.05) is 81.4 Å². The minimum Gasteiger partial charge on any atom is -0.326 e. The highest BCUT2D eigenvalue weighted by Gasteiger charge is 2.58. The second kappa shape index (κ2) is 6.34. The Labute approximate surface area is 146 Å². The minimum atomic E-state index is -0.484. The maximum Gasteiger partial charge on any atom is 0.0470 e. The van der Waals surface area contributed by atoms with Crippen LogP contribution in [0.2, 0.25) is 0 Å². The Morgan fingerprint density at radius 3 is 1.79 bits per heavy atom. The number of hydrogen-bond acceptors (Lipinski definition) is 2. The molecule has 3 unspecified atom stereocenters. The van der Waals surface area contributed by atoms with Gasteiger partial charge in [-0.15, -0.1) is 0 Å². The second-order valence-electron chi connectivity index (χ2n) is 7.88. The van der Waals surface area contributed by atoms with Crippen LogP contribution in [0.1, 0.15) is 44.7 Å². The molecule has 2 nitrogen and oxygen atoms in total. The fourth-order valence-electron chi connectivity index (χ4n) is 5.00. The predicted molar refractivity (Wildman–Crippen MR) is 102 cm³/mol. The fraction of sp³-hybridized carbons (Fsp3) is 0.455. The lowest BCUT2D eigenvalue weighted by atomic mass is 9.48. The molecule has 1 aliphatic rings. The molecule has 0 heterocycles. The zero-order valence-corrected chi connectivity index (χ0v) is 15.1. The maximum atomic E-state index is 7.23. The summed E-state index contributed by atoms with van der Waals surface area (Å²) in [7, 11) is 0. The van der Waals surface area contributed by atoms with Crippen molar-refractivity contribution < 1.29 is 0 Å². The van der Waals surface area contributed by atoms with Crippen LogP contribution in [0.5, 0.6) is 0 Å². The van der Waals surface area contributed by atoms with Crippen molar-refractivity contribution in [2.75, 3.05) is 0 Å². The molecule has 0 amide bonds. The van der Waals surface area contributed by atoms with Crippen molar-refractivity contribution in [1.82, 2.24) is 0 Å². The zero-order chi connectivity index (χ0) is 17.4. The second-order valence-corrected chi connectivity index (χ2v) is 7.88. The van der Waals surface area contributed by atoms with Crippen LogP contribution in [-0.4, -0.2) is 11.6 Å². The Bertz CT molecular complexity index is 625. The Morgan fingerprint density at radius 1 is 0.917 bits per heavy atom. The van der Waals surface area contributed by atoms with E-state index in [0.717, 1.165) is 12.8 Å². The zero-order valence-electron chi connectivity index (χ0n) is 15.1. The Morgan fingerprint density at radius 2 is 1.38 bits per heavy atom. The van der Waals surface area contributed by atoms with Gasteiger partial charge >= 0.3 is 0 Å². The molecule has 1 saturated carbocycles. The van der Waals surface area contributed by atoms with E-state index >= 15 is 0 Å². The molecule has 1 aliphatic carbocycles. The maximum absolute atomic E-state index is 7.23. The molecule has 0 radical (unpaired) electrons. The number of nitrogens with two attached hydrogens (primary N) is 2. The van der Waals surface area contributed by atoms with Gasteiger partial charge in [-0.25, -0.2) is 0 Å². The van der Waals surface area contributed by atoms with E-state index in [1.54, 1.807) is 0 Å². The normalized spacial score (nSPS) is 29.6. The van der Waals surface area contributed by atoms with Crippen molar-refractivity contribution in [1.29, 1.82) is 0 Å². The van der Waals surface area contributed by atoms with E-state index in [0.29, 0.717) is 5.92 Å². The van der Waals surface area contributed by atoms with Crippen molar-refractivity contribution in [3.63, 3.8) is 0 Å². The van der Waals surface area contributed by atoms with Gasteiger partial charge in [-0.2, -0.15) is 0 Å². The van der Waals surface area contributed by atoms with Crippen LogP contribution in [0.3, 0.4) is 0 Å². The number of hydrogen-bond donors (Lipinski definition) is 2. The third-order valence-corrected chi connectivity index (χ3v) is 6.15. The lowest BCUT2D eigenvalue weighted by Crippen LogP contribution is -2.73. The molecule has 2 heteroatoms. The molecule has 0 aliphatic heterocycles. The van der Waals surface area contributed by atoms with Gasteiger partial charge in [0.2, 0.25) is 0 Å². The van der Waals surface area contributed by atoms with Gasteiger partial charge in [0.05, 0.1) is 0 Å². The van der Waals surface area contributed by atoms with Crippen molar-refractivity contribution in [2.24, 2.45) is 23.3 Å². The summed E-state index contributed by atoms with van der Waals surface area (Å²) in [5.74, 6) is 0.816. The molecule has 3 atom stereocenters. The van der Waals surface area contributed by atoms with Gasteiger partial charge in [-0.05, 0) is 35.8 Å². The van der Waals surface area contributed by atoms with Crippen LogP contribution in [0.15, 0.2) is 60.7 Å². The van der Waals surface area contributed by atoms with Crippen LogP contribution in [0.4, 0.5) is 0 Å². The molecule has 0 spiro atoms. The van der Waals surface area contributed by atoms with Gasteiger partial charge in [0.25, 0.3) is 0 Å². The van der Waals surface area contributed by atoms with Crippen molar-refractivity contribution in [2.45, 2.75) is 50.6 Å². The summed E-state index contributed by atoms with van der Waals surface area (Å²) in [6.07, 6.45) is 2.01. The van der Waals surface area contributed by atoms with Crippen LogP contribution in [-0.2, 0) is 5.41 Å². The lowest BCUT2D eigenvalue weighted by Gasteiger charge is -2.59. The first-order valence-electron chi connectivity index (χ1n) is 9.08. The fourth-order valence-corrected chi connectivity index (χ4v) is 5.00. The number of benzene rings is 2. The molecular formula is C22H30N2. The largest absolute Gasteiger partial charge is 0.326 e. The van der Waals surface area contributed by atoms with Crippen LogP contribution in [0, 0.1) is 11.8 Å². The number of rotatable bonds is 3. The van der Waals surface area contributed by atoms with Gasteiger partial charge < -0.3 is 11.5 Å². The van der Waals surface area contributed by atoms with E-state index < -0.39 is 5.54 Å². The summed E-state index contributed by atoms with van der Waals surface area (Å²) >= 11 is 0. The van der Waals surface area contributed by atoms with Crippen molar-refractivity contribution in [3.05, 3.63) is 71.8 Å². The molecule has 0 saturated heterocycles. The Balaban J connectivity index is 2.34. The average molecular weight is 322 g/mol. The summed E-state index contributed by atoms with van der Waals surface area (Å²) in [4.78, 5) is 0. The summed E-state index contributed by atoms with van der Waals surface area (Å²) in [6, 6.07) is 21.5. The summed E-state index contributed by atoms with van der Waals surface area (Å²) in [5, 5.41) is 0. The Hall–Kier alpha value is -1.64. The van der Waals surface area contributed by atoms with E-state index in [-0.39, 0.29) is 17.4 Å². The first-order valence-corrected chi connectivity index (χ1v) is 9.08. The van der Waals surface area contributed by atoms with Gasteiger partial charge in [0, 0.05) is 17.0 Å². The molecule has 24 heavy (non-hydrogen) atoms. The van der Waals surface area contributed by atoms with Gasteiger partial charge in [0.15, 0.2) is 0 Å². The average Bonchev–Trinajstić information content (AvgIpc) is 2.59. The van der Waals surface area contributed by atoms with Crippen LogP contribution < -0.4 is 11.5 Å². The topological polar surface area (TPSA) is 52.0 Å². The first-order chi connectivity index (χ1) is 11.4. The van der Waals surface area contributed by atoms with Crippen LogP contribution >= 0.6 is 0 Å². The van der Waals surface area contributed by atoms with E-state index in [4.69, 9.17) is 11.5 Å². The third-order valence-electron chi connectivity index (χ3n) is 6.15. The molecule has 2 aromatic carbocycles. The highest BCUT2D eigenvalue weighted by Crippen LogP contribution is 2.53. The molecule has 0 bridgehead atoms. The standard InChI is InChI=1S/C22H30N2/c1-16(2)22(24)20(23)14-17(3)15-21(22,18-10-6-4-7-11-18)19-12-8-5-9-13-19/h4-13,16-17,20H,14-15,23-24H2,1-3H3. The molecule has 2 aromatic rings. The monoisotopic (exact) mass is 322 g/mol. The highest BCUT2D eigenvalue weighted by molar-refractivity contribution is 5.46. The molecule has 0 aromatic heterocycles. The van der Waals surface area contributed by atoms with Crippen LogP contribution in [0.25, 0.3) is 0 Å². The molecule has 1 fully saturated rings. The van der Waals surface area contributed by atoms with E-state index in [1.807, 2.05) is 0 Å². The first kappa shape index (κ1) is 17.2. The smallest absolute Gasteiger partial charge is 0.0470 e. The van der Waals surface area contributed by atoms with Gasteiger partial charge in [0.1, 0.15) is 0 Å². The SMILES string of the molecule is CC1CC(N)C(N)(C(C)C)C(c2ccccc2)(c2ccccc2)C1. The summed E-state index contributed by atoms with van der Waals surface area (Å²) < 4.78 is 0. The molecule has 128 valence electrons. The van der Waals surface area contributed by atoms with Gasteiger partial charge in [-0.3, -0.25) is 0 Å². The quantitative estimate of drug-likeness (QED) is 0.894. The Kier molecular flexibility index (Phi) is 4.54. The minimum absolute atomic E-state index is 0.0262. The molecule has 3 rings (SSSR count). The molecule has 4 N–H and O–H groups in total. The van der Waals surface area contributed by atoms with E-state index in [9.17, 15) is 0 Å². The summed E-state index contributed by atoms with van der Waals surface area (Å²) in [5.41, 5.74) is 15.8. The van der Waals surface area contributed by atoms with Crippen molar-refractivity contribution >= 4 is 0 Å². The molecular weight excluding hydrogens is 292 g/mol. The van der Waals surface area contributed by atoms with Crippen molar-refractivity contribution in [3.8, 4) is 0 Å². The van der Waals surface area contributed by atoms with E-state index in [2.05, 4.69) is 81.4 Å². The highest BCUT2D eigenvalue weighted by atomic mass is 14.9.